The van der Waals surface area contributed by atoms with Crippen LogP contribution in [0.15, 0.2) is 6.07 Å². The summed E-state index contributed by atoms with van der Waals surface area (Å²) < 4.78 is 0. The van der Waals surface area contributed by atoms with Gasteiger partial charge in [0.15, 0.2) is 0 Å². The number of aryl methyl sites for hydroxylation is 2. The molecule has 17 heavy (non-hydrogen) atoms. The molecule has 1 aliphatic heterocycles. The third-order valence-electron chi connectivity index (χ3n) is 3.24. The van der Waals surface area contributed by atoms with Crippen LogP contribution in [0.25, 0.3) is 0 Å². The summed E-state index contributed by atoms with van der Waals surface area (Å²) in [6, 6.07) is 2.00. The van der Waals surface area contributed by atoms with Crippen LogP contribution in [0.4, 0.5) is 5.82 Å². The number of rotatable bonds is 3. The third-order valence-corrected chi connectivity index (χ3v) is 3.24. The number of carbonyl (C=O) groups is 1. The van der Waals surface area contributed by atoms with Gasteiger partial charge >= 0.3 is 0 Å². The van der Waals surface area contributed by atoms with E-state index < -0.39 is 0 Å². The molecule has 0 aliphatic carbocycles. The van der Waals surface area contributed by atoms with Crippen molar-refractivity contribution in [1.29, 1.82) is 0 Å². The summed E-state index contributed by atoms with van der Waals surface area (Å²) >= 11 is 0. The van der Waals surface area contributed by atoms with Gasteiger partial charge in [-0.15, -0.1) is 0 Å². The zero-order chi connectivity index (χ0) is 12.3. The Morgan fingerprint density at radius 2 is 2.29 bits per heavy atom. The van der Waals surface area contributed by atoms with Crippen molar-refractivity contribution in [2.45, 2.75) is 45.6 Å². The lowest BCUT2D eigenvalue weighted by Gasteiger charge is -2.33. The third kappa shape index (κ3) is 2.62. The Hall–Kier alpha value is -1.45. The second kappa shape index (κ2) is 5.25. The lowest BCUT2D eigenvalue weighted by atomic mass is 10.0. The van der Waals surface area contributed by atoms with Gasteiger partial charge in [0.2, 0.25) is 0 Å². The Bertz CT molecular complexity index is 406. The maximum absolute atomic E-state index is 11.1. The number of piperidine rings is 1. The van der Waals surface area contributed by atoms with Gasteiger partial charge in [0.25, 0.3) is 0 Å². The predicted molar refractivity (Wildman–Crippen MR) is 67.2 cm³/mol. The Labute approximate surface area is 102 Å². The molecule has 1 aliphatic rings. The molecule has 0 saturated carbocycles. The molecule has 92 valence electrons. The van der Waals surface area contributed by atoms with E-state index in [2.05, 4.69) is 21.8 Å². The van der Waals surface area contributed by atoms with E-state index in [1.807, 2.05) is 13.0 Å². The van der Waals surface area contributed by atoms with Gasteiger partial charge in [0, 0.05) is 18.3 Å². The lowest BCUT2D eigenvalue weighted by molar-refractivity contribution is -0.109. The number of anilines is 1. The summed E-state index contributed by atoms with van der Waals surface area (Å²) in [5.41, 5.74) is 1.04. The molecule has 1 fully saturated rings. The average molecular weight is 233 g/mol. The Morgan fingerprint density at radius 1 is 1.47 bits per heavy atom. The highest BCUT2D eigenvalue weighted by Crippen LogP contribution is 2.22. The first-order valence-electron chi connectivity index (χ1n) is 6.31. The van der Waals surface area contributed by atoms with Crippen LogP contribution in [0.2, 0.25) is 0 Å². The summed E-state index contributed by atoms with van der Waals surface area (Å²) in [6.07, 6.45) is 5.14. The number of carbonyl (C=O) groups excluding carboxylic acids is 1. The molecule has 0 spiro atoms. The smallest absolute Gasteiger partial charge is 0.142 e. The van der Waals surface area contributed by atoms with Crippen molar-refractivity contribution < 1.29 is 4.79 Å². The molecular formula is C13H19N3O. The Balaban J connectivity index is 2.30. The van der Waals surface area contributed by atoms with Gasteiger partial charge in [-0.1, -0.05) is 6.92 Å². The normalized spacial score (nSPS) is 20.4. The summed E-state index contributed by atoms with van der Waals surface area (Å²) in [5, 5.41) is 0. The number of nitrogens with zero attached hydrogens (tertiary/aromatic N) is 3. The Morgan fingerprint density at radius 3 is 3.00 bits per heavy atom. The van der Waals surface area contributed by atoms with E-state index in [0.717, 1.165) is 55.9 Å². The SMILES string of the molecule is CCc1cc(N2CCCCC2C=O)nc(C)n1. The minimum atomic E-state index is -0.0113. The average Bonchev–Trinajstić information content (AvgIpc) is 2.37. The molecule has 4 nitrogen and oxygen atoms in total. The molecule has 1 unspecified atom stereocenters. The van der Waals surface area contributed by atoms with Gasteiger partial charge in [-0.25, -0.2) is 9.97 Å². The fourth-order valence-electron chi connectivity index (χ4n) is 2.32. The van der Waals surface area contributed by atoms with Crippen molar-refractivity contribution in [2.75, 3.05) is 11.4 Å². The summed E-state index contributed by atoms with van der Waals surface area (Å²) in [5.74, 6) is 1.70. The van der Waals surface area contributed by atoms with E-state index in [1.165, 1.54) is 0 Å². The van der Waals surface area contributed by atoms with E-state index in [-0.39, 0.29) is 6.04 Å². The maximum atomic E-state index is 11.1. The number of aromatic nitrogens is 2. The molecule has 0 bridgehead atoms. The molecule has 1 atom stereocenters. The first-order valence-corrected chi connectivity index (χ1v) is 6.31. The first-order chi connectivity index (χ1) is 8.24. The van der Waals surface area contributed by atoms with Gasteiger partial charge in [-0.3, -0.25) is 0 Å². The van der Waals surface area contributed by atoms with Gasteiger partial charge in [0.1, 0.15) is 17.9 Å². The fraction of sp³-hybridized carbons (Fsp3) is 0.615. The molecule has 2 heterocycles. The predicted octanol–water partition coefficient (Wildman–Crippen LogP) is 1.91. The minimum absolute atomic E-state index is 0.0113. The minimum Gasteiger partial charge on any atom is -0.347 e. The van der Waals surface area contributed by atoms with Crippen LogP contribution in [0.3, 0.4) is 0 Å². The molecule has 1 saturated heterocycles. The molecule has 2 rings (SSSR count). The van der Waals surface area contributed by atoms with Crippen LogP contribution in [-0.4, -0.2) is 28.8 Å². The van der Waals surface area contributed by atoms with Crippen molar-refractivity contribution in [3.8, 4) is 0 Å². The molecule has 0 N–H and O–H groups in total. The molecule has 0 radical (unpaired) electrons. The monoisotopic (exact) mass is 233 g/mol. The zero-order valence-corrected chi connectivity index (χ0v) is 10.5. The second-order valence-electron chi connectivity index (χ2n) is 4.51. The van der Waals surface area contributed by atoms with E-state index in [0.29, 0.717) is 0 Å². The van der Waals surface area contributed by atoms with Crippen LogP contribution >= 0.6 is 0 Å². The van der Waals surface area contributed by atoms with Crippen LogP contribution in [-0.2, 0) is 11.2 Å². The highest BCUT2D eigenvalue weighted by Gasteiger charge is 2.23. The number of hydrogen-bond donors (Lipinski definition) is 0. The van der Waals surface area contributed by atoms with Crippen LogP contribution in [0.5, 0.6) is 0 Å². The standard InChI is InChI=1S/C13H19N3O/c1-3-11-8-13(15-10(2)14-11)16-7-5-4-6-12(16)9-17/h8-9,12H,3-7H2,1-2H3. The first kappa shape index (κ1) is 12.0. The maximum Gasteiger partial charge on any atom is 0.142 e. The van der Waals surface area contributed by atoms with E-state index in [1.54, 1.807) is 0 Å². The van der Waals surface area contributed by atoms with Crippen molar-refractivity contribution in [1.82, 2.24) is 9.97 Å². The van der Waals surface area contributed by atoms with Gasteiger partial charge in [0.05, 0.1) is 6.04 Å². The highest BCUT2D eigenvalue weighted by atomic mass is 16.1. The molecule has 1 aromatic heterocycles. The lowest BCUT2D eigenvalue weighted by Crippen LogP contribution is -2.41. The molecule has 0 aromatic carbocycles. The summed E-state index contributed by atoms with van der Waals surface area (Å²) in [4.78, 5) is 22.0. The molecule has 1 aromatic rings. The molecular weight excluding hydrogens is 214 g/mol. The highest BCUT2D eigenvalue weighted by molar-refractivity contribution is 5.65. The van der Waals surface area contributed by atoms with E-state index in [4.69, 9.17) is 0 Å². The van der Waals surface area contributed by atoms with Crippen LogP contribution < -0.4 is 4.90 Å². The Kier molecular flexibility index (Phi) is 3.71. The molecule has 0 amide bonds. The van der Waals surface area contributed by atoms with Crippen molar-refractivity contribution in [3.05, 3.63) is 17.6 Å². The molecule has 4 heteroatoms. The summed E-state index contributed by atoms with van der Waals surface area (Å²) in [6.45, 7) is 4.91. The topological polar surface area (TPSA) is 46.1 Å². The van der Waals surface area contributed by atoms with Crippen molar-refractivity contribution in [3.63, 3.8) is 0 Å². The second-order valence-corrected chi connectivity index (χ2v) is 4.51. The van der Waals surface area contributed by atoms with Crippen molar-refractivity contribution >= 4 is 12.1 Å². The summed E-state index contributed by atoms with van der Waals surface area (Å²) in [7, 11) is 0. The fourth-order valence-corrected chi connectivity index (χ4v) is 2.32. The van der Waals surface area contributed by atoms with Gasteiger partial charge < -0.3 is 9.69 Å². The van der Waals surface area contributed by atoms with E-state index >= 15 is 0 Å². The zero-order valence-electron chi connectivity index (χ0n) is 10.5. The van der Waals surface area contributed by atoms with Crippen molar-refractivity contribution in [2.24, 2.45) is 0 Å². The van der Waals surface area contributed by atoms with Crippen LogP contribution in [0.1, 0.15) is 37.7 Å². The number of hydrogen-bond acceptors (Lipinski definition) is 4. The van der Waals surface area contributed by atoms with Gasteiger partial charge in [-0.2, -0.15) is 0 Å². The van der Waals surface area contributed by atoms with Gasteiger partial charge in [-0.05, 0) is 32.6 Å². The van der Waals surface area contributed by atoms with E-state index in [9.17, 15) is 4.79 Å². The number of aldehydes is 1. The largest absolute Gasteiger partial charge is 0.347 e. The van der Waals surface area contributed by atoms with Crippen LogP contribution in [0, 0.1) is 6.92 Å². The quantitative estimate of drug-likeness (QED) is 0.748.